The number of nitrogens with zero attached hydrogens (tertiary/aromatic N) is 1. The molecular weight excluding hydrogens is 344 g/mol. The number of hydrogen-bond donors (Lipinski definition) is 2. The molecule has 0 unspecified atom stereocenters. The van der Waals surface area contributed by atoms with E-state index in [0.717, 1.165) is 23.9 Å². The van der Waals surface area contributed by atoms with Gasteiger partial charge >= 0.3 is 11.9 Å². The second-order valence-electron chi connectivity index (χ2n) is 7.42. The van der Waals surface area contributed by atoms with E-state index < -0.39 is 11.9 Å². The van der Waals surface area contributed by atoms with Gasteiger partial charge in [-0.05, 0) is 64.3 Å². The van der Waals surface area contributed by atoms with Gasteiger partial charge in [-0.15, -0.1) is 0 Å². The SMILES string of the molecule is CC(C)N(CCc1c[nH]c2ccc(OC(=O)CCCC(=O)O)cc12)C(C)C. The standard InChI is InChI=1S/C21H30N2O4/c1-14(2)23(15(3)4)11-10-16-13-22-19-9-8-17(12-18(16)19)27-21(26)7-5-6-20(24)25/h8-9,12-15,22H,5-7,10-11H2,1-4H3,(H,24,25). The first-order chi connectivity index (χ1) is 12.8. The number of carboxylic acids is 1. The topological polar surface area (TPSA) is 82.6 Å². The van der Waals surface area contributed by atoms with Crippen molar-refractivity contribution in [3.05, 3.63) is 30.0 Å². The Balaban J connectivity index is 2.04. The van der Waals surface area contributed by atoms with E-state index in [4.69, 9.17) is 9.84 Å². The van der Waals surface area contributed by atoms with Gasteiger partial charge in [-0.25, -0.2) is 0 Å². The van der Waals surface area contributed by atoms with Crippen molar-refractivity contribution in [1.29, 1.82) is 0 Å². The van der Waals surface area contributed by atoms with Crippen LogP contribution in [-0.2, 0) is 16.0 Å². The fourth-order valence-corrected chi connectivity index (χ4v) is 3.36. The minimum atomic E-state index is -0.905. The number of fused-ring (bicyclic) bond motifs is 1. The lowest BCUT2D eigenvalue weighted by molar-refractivity contribution is -0.137. The van der Waals surface area contributed by atoms with Crippen molar-refractivity contribution < 1.29 is 19.4 Å². The molecule has 0 saturated carbocycles. The summed E-state index contributed by atoms with van der Waals surface area (Å²) in [7, 11) is 0. The van der Waals surface area contributed by atoms with Crippen LogP contribution < -0.4 is 4.74 Å². The number of carbonyl (C=O) groups is 2. The molecule has 0 saturated heterocycles. The van der Waals surface area contributed by atoms with Crippen LogP contribution in [0.4, 0.5) is 0 Å². The number of hydrogen-bond acceptors (Lipinski definition) is 4. The van der Waals surface area contributed by atoms with Gasteiger partial charge in [-0.3, -0.25) is 14.5 Å². The van der Waals surface area contributed by atoms with E-state index in [-0.39, 0.29) is 19.3 Å². The lowest BCUT2D eigenvalue weighted by atomic mass is 10.1. The summed E-state index contributed by atoms with van der Waals surface area (Å²) in [5.74, 6) is -0.815. The van der Waals surface area contributed by atoms with Gasteiger partial charge in [0.05, 0.1) is 0 Å². The molecule has 0 bridgehead atoms. The van der Waals surface area contributed by atoms with Crippen molar-refractivity contribution >= 4 is 22.8 Å². The molecule has 2 rings (SSSR count). The average Bonchev–Trinajstić information content (AvgIpc) is 2.96. The summed E-state index contributed by atoms with van der Waals surface area (Å²) in [6.45, 7) is 9.78. The molecule has 0 amide bonds. The van der Waals surface area contributed by atoms with Crippen LogP contribution in [0.1, 0.15) is 52.5 Å². The number of aromatic amines is 1. The Morgan fingerprint density at radius 2 is 1.85 bits per heavy atom. The van der Waals surface area contributed by atoms with Crippen molar-refractivity contribution in [2.45, 2.75) is 65.5 Å². The van der Waals surface area contributed by atoms with Crippen molar-refractivity contribution in [1.82, 2.24) is 9.88 Å². The zero-order valence-electron chi connectivity index (χ0n) is 16.6. The molecule has 0 fully saturated rings. The molecule has 1 aromatic heterocycles. The van der Waals surface area contributed by atoms with E-state index in [0.29, 0.717) is 17.8 Å². The highest BCUT2D eigenvalue weighted by Crippen LogP contribution is 2.25. The Bertz CT molecular complexity index is 772. The maximum atomic E-state index is 11.9. The number of carboxylic acid groups (broad SMARTS) is 1. The molecule has 0 atom stereocenters. The van der Waals surface area contributed by atoms with Gasteiger partial charge in [0.1, 0.15) is 5.75 Å². The number of ether oxygens (including phenoxy) is 1. The fraction of sp³-hybridized carbons (Fsp3) is 0.524. The Morgan fingerprint density at radius 1 is 1.15 bits per heavy atom. The summed E-state index contributed by atoms with van der Waals surface area (Å²) in [4.78, 5) is 28.1. The van der Waals surface area contributed by atoms with Gasteiger partial charge in [0.2, 0.25) is 0 Å². The van der Waals surface area contributed by atoms with Crippen LogP contribution in [-0.4, -0.2) is 45.6 Å². The normalized spacial score (nSPS) is 11.7. The van der Waals surface area contributed by atoms with E-state index >= 15 is 0 Å². The number of benzene rings is 1. The summed E-state index contributed by atoms with van der Waals surface area (Å²) in [5.41, 5.74) is 2.20. The monoisotopic (exact) mass is 374 g/mol. The number of rotatable bonds is 10. The van der Waals surface area contributed by atoms with Crippen molar-refractivity contribution in [3.8, 4) is 5.75 Å². The fourth-order valence-electron chi connectivity index (χ4n) is 3.36. The number of aliphatic carboxylic acids is 1. The average molecular weight is 374 g/mol. The van der Waals surface area contributed by atoms with E-state index in [9.17, 15) is 9.59 Å². The molecule has 0 radical (unpaired) electrons. The van der Waals surface area contributed by atoms with Gasteiger partial charge in [0.25, 0.3) is 0 Å². The summed E-state index contributed by atoms with van der Waals surface area (Å²) < 4.78 is 5.37. The molecule has 27 heavy (non-hydrogen) atoms. The number of esters is 1. The molecule has 0 spiro atoms. The van der Waals surface area contributed by atoms with Crippen LogP contribution in [0.5, 0.6) is 5.75 Å². The number of H-pyrrole nitrogens is 1. The zero-order valence-corrected chi connectivity index (χ0v) is 16.6. The third-order valence-corrected chi connectivity index (χ3v) is 4.71. The molecule has 2 aromatic rings. The molecule has 0 aliphatic heterocycles. The predicted octanol–water partition coefficient (Wildman–Crippen LogP) is 3.99. The summed E-state index contributed by atoms with van der Waals surface area (Å²) in [6.07, 6.45) is 3.28. The maximum Gasteiger partial charge on any atom is 0.311 e. The summed E-state index contributed by atoms with van der Waals surface area (Å²) in [5, 5.41) is 9.69. The largest absolute Gasteiger partial charge is 0.481 e. The quantitative estimate of drug-likeness (QED) is 0.485. The highest BCUT2D eigenvalue weighted by molar-refractivity contribution is 5.85. The van der Waals surface area contributed by atoms with Gasteiger partial charge in [0, 0.05) is 48.6 Å². The first-order valence-electron chi connectivity index (χ1n) is 9.56. The minimum Gasteiger partial charge on any atom is -0.481 e. The van der Waals surface area contributed by atoms with Crippen LogP contribution in [0.2, 0.25) is 0 Å². The molecule has 6 nitrogen and oxygen atoms in total. The summed E-state index contributed by atoms with van der Waals surface area (Å²) >= 11 is 0. The Morgan fingerprint density at radius 3 is 2.48 bits per heavy atom. The van der Waals surface area contributed by atoms with Crippen LogP contribution >= 0.6 is 0 Å². The Labute approximate surface area is 160 Å². The van der Waals surface area contributed by atoms with E-state index in [1.54, 1.807) is 6.07 Å². The molecule has 0 aliphatic rings. The van der Waals surface area contributed by atoms with E-state index in [1.807, 2.05) is 18.3 Å². The lowest BCUT2D eigenvalue weighted by Crippen LogP contribution is -2.38. The van der Waals surface area contributed by atoms with Crippen molar-refractivity contribution in [3.63, 3.8) is 0 Å². The minimum absolute atomic E-state index is 0.0295. The van der Waals surface area contributed by atoms with Gasteiger partial charge in [0.15, 0.2) is 0 Å². The molecule has 148 valence electrons. The molecular formula is C21H30N2O4. The number of aromatic nitrogens is 1. The third kappa shape index (κ3) is 6.10. The van der Waals surface area contributed by atoms with Crippen LogP contribution in [0.3, 0.4) is 0 Å². The molecule has 2 N–H and O–H groups in total. The number of carbonyl (C=O) groups excluding carboxylic acids is 1. The van der Waals surface area contributed by atoms with Crippen LogP contribution in [0.25, 0.3) is 10.9 Å². The smallest absolute Gasteiger partial charge is 0.311 e. The van der Waals surface area contributed by atoms with Gasteiger partial charge in [-0.2, -0.15) is 0 Å². The van der Waals surface area contributed by atoms with Gasteiger partial charge in [-0.1, -0.05) is 0 Å². The molecule has 1 aromatic carbocycles. The van der Waals surface area contributed by atoms with E-state index in [1.165, 1.54) is 5.56 Å². The molecule has 0 aliphatic carbocycles. The lowest BCUT2D eigenvalue weighted by Gasteiger charge is -2.30. The molecule has 1 heterocycles. The van der Waals surface area contributed by atoms with Gasteiger partial charge < -0.3 is 14.8 Å². The maximum absolute atomic E-state index is 11.9. The number of nitrogens with one attached hydrogen (secondary N) is 1. The van der Waals surface area contributed by atoms with Crippen LogP contribution in [0.15, 0.2) is 24.4 Å². The molecule has 6 heteroatoms. The Hall–Kier alpha value is -2.34. The first kappa shape index (κ1) is 21.0. The first-order valence-corrected chi connectivity index (χ1v) is 9.56. The van der Waals surface area contributed by atoms with Crippen LogP contribution in [0, 0.1) is 0 Å². The summed E-state index contributed by atoms with van der Waals surface area (Å²) in [6, 6.07) is 6.51. The van der Waals surface area contributed by atoms with E-state index in [2.05, 4.69) is 37.6 Å². The van der Waals surface area contributed by atoms with Crippen molar-refractivity contribution in [2.75, 3.05) is 6.54 Å². The highest BCUT2D eigenvalue weighted by Gasteiger charge is 2.15. The second kappa shape index (κ2) is 9.55. The third-order valence-electron chi connectivity index (χ3n) is 4.71. The second-order valence-corrected chi connectivity index (χ2v) is 7.42. The zero-order chi connectivity index (χ0) is 20.0. The van der Waals surface area contributed by atoms with Crippen molar-refractivity contribution in [2.24, 2.45) is 0 Å². The Kier molecular flexibility index (Phi) is 7.42. The predicted molar refractivity (Wildman–Crippen MR) is 106 cm³/mol. The highest BCUT2D eigenvalue weighted by atomic mass is 16.5.